The molecule has 0 radical (unpaired) electrons. The summed E-state index contributed by atoms with van der Waals surface area (Å²) in [5, 5.41) is 0. The van der Waals surface area contributed by atoms with E-state index in [2.05, 4.69) is 50.0 Å². The number of benzene rings is 2. The molecule has 3 rings (SSSR count). The van der Waals surface area contributed by atoms with Crippen LogP contribution in [0.25, 0.3) is 0 Å². The Labute approximate surface area is 151 Å². The minimum atomic E-state index is -0.648. The van der Waals surface area contributed by atoms with Crippen LogP contribution in [0.1, 0.15) is 31.9 Å². The molecule has 0 fully saturated rings. The smallest absolute Gasteiger partial charge is 0.222 e. The molecule has 0 aliphatic carbocycles. The summed E-state index contributed by atoms with van der Waals surface area (Å²) in [4.78, 5) is 5.49. The first-order chi connectivity index (χ1) is 11.8. The van der Waals surface area contributed by atoms with Crippen molar-refractivity contribution in [2.24, 2.45) is 4.99 Å². The quantitative estimate of drug-likeness (QED) is 0.698. The van der Waals surface area contributed by atoms with E-state index in [-0.39, 0.29) is 22.9 Å². The first-order valence-electron chi connectivity index (χ1n) is 8.23. The molecule has 1 heterocycles. The van der Waals surface area contributed by atoms with Gasteiger partial charge in [0.25, 0.3) is 0 Å². The van der Waals surface area contributed by atoms with Crippen LogP contribution < -0.4 is 0 Å². The first kappa shape index (κ1) is 17.9. The van der Waals surface area contributed by atoms with Gasteiger partial charge < -0.3 is 4.74 Å². The third kappa shape index (κ3) is 4.21. The summed E-state index contributed by atoms with van der Waals surface area (Å²) >= 11 is 1.67. The lowest BCUT2D eigenvalue weighted by atomic mass is 9.87. The van der Waals surface area contributed by atoms with Crippen LogP contribution in [0, 0.1) is 11.6 Å². The van der Waals surface area contributed by atoms with Gasteiger partial charge in [0, 0.05) is 10.6 Å². The molecule has 0 spiro atoms. The zero-order valence-corrected chi connectivity index (χ0v) is 15.4. The van der Waals surface area contributed by atoms with E-state index in [1.807, 2.05) is 0 Å². The van der Waals surface area contributed by atoms with E-state index in [4.69, 9.17) is 4.74 Å². The lowest BCUT2D eigenvalue weighted by Crippen LogP contribution is -2.11. The Morgan fingerprint density at radius 1 is 1.08 bits per heavy atom. The van der Waals surface area contributed by atoms with Gasteiger partial charge in [0.1, 0.15) is 23.8 Å². The van der Waals surface area contributed by atoms with Crippen LogP contribution in [0.4, 0.5) is 8.78 Å². The molecule has 1 aliphatic heterocycles. The molecule has 0 N–H and O–H groups in total. The SMILES string of the molecule is CC(C)(C)c1ccc(SCC2COC(c3c(F)cccc3F)=N2)cc1. The maximum atomic E-state index is 13.8. The zero-order valence-electron chi connectivity index (χ0n) is 14.6. The molecule has 1 atom stereocenters. The second-order valence-electron chi connectivity index (χ2n) is 7.08. The van der Waals surface area contributed by atoms with Gasteiger partial charge in [0.15, 0.2) is 0 Å². The van der Waals surface area contributed by atoms with Gasteiger partial charge in [0.05, 0.1) is 6.04 Å². The average Bonchev–Trinajstić information content (AvgIpc) is 3.01. The maximum Gasteiger partial charge on any atom is 0.222 e. The minimum Gasteiger partial charge on any atom is -0.475 e. The van der Waals surface area contributed by atoms with Crippen LogP contribution in [0.2, 0.25) is 0 Å². The summed E-state index contributed by atoms with van der Waals surface area (Å²) in [5.41, 5.74) is 1.24. The molecular formula is C20H21F2NOS. The van der Waals surface area contributed by atoms with Gasteiger partial charge >= 0.3 is 0 Å². The predicted molar refractivity (Wildman–Crippen MR) is 98.5 cm³/mol. The van der Waals surface area contributed by atoms with Crippen LogP contribution in [-0.2, 0) is 10.2 Å². The highest BCUT2D eigenvalue weighted by Gasteiger charge is 2.25. The molecule has 132 valence electrons. The number of hydrogen-bond acceptors (Lipinski definition) is 3. The summed E-state index contributed by atoms with van der Waals surface area (Å²) in [7, 11) is 0. The molecule has 1 unspecified atom stereocenters. The van der Waals surface area contributed by atoms with Crippen molar-refractivity contribution in [1.82, 2.24) is 0 Å². The van der Waals surface area contributed by atoms with Crippen molar-refractivity contribution >= 4 is 17.7 Å². The highest BCUT2D eigenvalue weighted by molar-refractivity contribution is 7.99. The van der Waals surface area contributed by atoms with E-state index in [0.29, 0.717) is 12.4 Å². The number of thioether (sulfide) groups is 1. The largest absolute Gasteiger partial charge is 0.475 e. The minimum absolute atomic E-state index is 0.0595. The van der Waals surface area contributed by atoms with E-state index < -0.39 is 11.6 Å². The van der Waals surface area contributed by atoms with Crippen LogP contribution in [-0.4, -0.2) is 24.3 Å². The van der Waals surface area contributed by atoms with E-state index in [9.17, 15) is 8.78 Å². The van der Waals surface area contributed by atoms with Crippen LogP contribution >= 0.6 is 11.8 Å². The summed E-state index contributed by atoms with van der Waals surface area (Å²) in [6.07, 6.45) is 0. The summed E-state index contributed by atoms with van der Waals surface area (Å²) in [6.45, 7) is 6.89. The highest BCUT2D eigenvalue weighted by atomic mass is 32.2. The zero-order chi connectivity index (χ0) is 18.0. The van der Waals surface area contributed by atoms with Gasteiger partial charge in [0.2, 0.25) is 5.90 Å². The standard InChI is InChI=1S/C20H21F2NOS/c1-20(2,3)13-7-9-15(10-8-13)25-12-14-11-24-19(23-14)18-16(21)5-4-6-17(18)22/h4-10,14H,11-12H2,1-3H3. The predicted octanol–water partition coefficient (Wildman–Crippen LogP) is 5.20. The first-order valence-corrected chi connectivity index (χ1v) is 9.21. The van der Waals surface area contributed by atoms with Crippen LogP contribution in [0.5, 0.6) is 0 Å². The second kappa shape index (κ2) is 7.16. The van der Waals surface area contributed by atoms with Crippen molar-refractivity contribution in [3.8, 4) is 0 Å². The van der Waals surface area contributed by atoms with E-state index in [0.717, 1.165) is 4.90 Å². The molecule has 5 heteroatoms. The summed E-state index contributed by atoms with van der Waals surface area (Å²) in [6, 6.07) is 12.1. The van der Waals surface area contributed by atoms with E-state index in [1.54, 1.807) is 11.8 Å². The van der Waals surface area contributed by atoms with Gasteiger partial charge in [-0.25, -0.2) is 13.8 Å². The summed E-state index contributed by atoms with van der Waals surface area (Å²) in [5.74, 6) is -0.534. The molecule has 0 saturated heterocycles. The molecule has 0 amide bonds. The Balaban J connectivity index is 1.64. The lowest BCUT2D eigenvalue weighted by Gasteiger charge is -2.19. The Morgan fingerprint density at radius 2 is 1.72 bits per heavy atom. The average molecular weight is 361 g/mol. The molecule has 2 nitrogen and oxygen atoms in total. The second-order valence-corrected chi connectivity index (χ2v) is 8.17. The van der Waals surface area contributed by atoms with Gasteiger partial charge in [-0.15, -0.1) is 11.8 Å². The molecule has 1 aliphatic rings. The fourth-order valence-corrected chi connectivity index (χ4v) is 3.47. The number of rotatable bonds is 4. The van der Waals surface area contributed by atoms with Gasteiger partial charge in [-0.3, -0.25) is 0 Å². The Morgan fingerprint density at radius 3 is 2.32 bits per heavy atom. The number of halogens is 2. The number of nitrogens with zero attached hydrogens (tertiary/aromatic N) is 1. The number of aliphatic imine (C=N–C) groups is 1. The molecule has 25 heavy (non-hydrogen) atoms. The van der Waals surface area contributed by atoms with Gasteiger partial charge in [-0.2, -0.15) is 0 Å². The summed E-state index contributed by atoms with van der Waals surface area (Å²) < 4.78 is 33.0. The lowest BCUT2D eigenvalue weighted by molar-refractivity contribution is 0.323. The number of hydrogen-bond donors (Lipinski definition) is 0. The fraction of sp³-hybridized carbons (Fsp3) is 0.350. The molecule has 0 saturated carbocycles. The van der Waals surface area contributed by atoms with Gasteiger partial charge in [-0.1, -0.05) is 39.0 Å². The third-order valence-corrected chi connectivity index (χ3v) is 5.21. The van der Waals surface area contributed by atoms with E-state index >= 15 is 0 Å². The van der Waals surface area contributed by atoms with E-state index in [1.165, 1.54) is 23.8 Å². The van der Waals surface area contributed by atoms with Crippen molar-refractivity contribution in [3.05, 3.63) is 65.2 Å². The molecule has 2 aromatic carbocycles. The highest BCUT2D eigenvalue weighted by Crippen LogP contribution is 2.27. The van der Waals surface area contributed by atoms with Crippen LogP contribution in [0.3, 0.4) is 0 Å². The monoisotopic (exact) mass is 361 g/mol. The molecule has 0 aromatic heterocycles. The van der Waals surface area contributed by atoms with Crippen molar-refractivity contribution < 1.29 is 13.5 Å². The van der Waals surface area contributed by atoms with Crippen LogP contribution in [0.15, 0.2) is 52.4 Å². The van der Waals surface area contributed by atoms with Crippen molar-refractivity contribution in [2.45, 2.75) is 37.1 Å². The molecular weight excluding hydrogens is 340 g/mol. The topological polar surface area (TPSA) is 21.6 Å². The van der Waals surface area contributed by atoms with Crippen molar-refractivity contribution in [2.75, 3.05) is 12.4 Å². The Hall–Kier alpha value is -1.88. The van der Waals surface area contributed by atoms with Gasteiger partial charge in [-0.05, 0) is 35.2 Å². The molecule has 0 bridgehead atoms. The normalized spacial score (nSPS) is 17.3. The fourth-order valence-electron chi connectivity index (χ4n) is 2.58. The number of ether oxygens (including phenoxy) is 1. The third-order valence-electron chi connectivity index (χ3n) is 4.05. The van der Waals surface area contributed by atoms with Crippen molar-refractivity contribution in [1.29, 1.82) is 0 Å². The molecule has 2 aromatic rings. The Bertz CT molecular complexity index is 761. The maximum absolute atomic E-state index is 13.8. The Kier molecular flexibility index (Phi) is 5.13. The van der Waals surface area contributed by atoms with Crippen molar-refractivity contribution in [3.63, 3.8) is 0 Å².